The predicted octanol–water partition coefficient (Wildman–Crippen LogP) is 2.54. The molecule has 18 heavy (non-hydrogen) atoms. The van der Waals surface area contributed by atoms with Crippen molar-refractivity contribution in [2.24, 2.45) is 5.73 Å². The normalized spacial score (nSPS) is 11.1. The molecule has 0 fully saturated rings. The van der Waals surface area contributed by atoms with Gasteiger partial charge in [0.2, 0.25) is 5.91 Å². The van der Waals surface area contributed by atoms with Gasteiger partial charge in [0.25, 0.3) is 0 Å². The van der Waals surface area contributed by atoms with Gasteiger partial charge in [-0.05, 0) is 32.4 Å². The van der Waals surface area contributed by atoms with Crippen LogP contribution in [0, 0.1) is 0 Å². The van der Waals surface area contributed by atoms with Gasteiger partial charge in [-0.2, -0.15) is 0 Å². The highest BCUT2D eigenvalue weighted by Crippen LogP contribution is 2.18. The first-order valence-corrected chi connectivity index (χ1v) is 6.22. The van der Waals surface area contributed by atoms with Crippen molar-refractivity contribution in [1.29, 1.82) is 0 Å². The Morgan fingerprint density at radius 3 is 2.78 bits per heavy atom. The quantitative estimate of drug-likeness (QED) is 0.815. The number of carbonyl (C=O) groups excluding carboxylic acids is 1. The third kappa shape index (κ3) is 5.68. The number of carbonyl (C=O) groups is 1. The molecule has 0 spiro atoms. The van der Waals surface area contributed by atoms with E-state index in [2.05, 4.69) is 12.2 Å². The highest BCUT2D eigenvalue weighted by atomic mass is 16.5. The summed E-state index contributed by atoms with van der Waals surface area (Å²) in [5, 5.41) is 2.82. The van der Waals surface area contributed by atoms with Gasteiger partial charge in [-0.1, -0.05) is 13.0 Å². The van der Waals surface area contributed by atoms with Gasteiger partial charge in [0.05, 0.1) is 6.61 Å². The molecule has 1 aromatic rings. The average Bonchev–Trinajstić information content (AvgIpc) is 2.24. The monoisotopic (exact) mass is 250 g/mol. The number of rotatable bonds is 6. The van der Waals surface area contributed by atoms with Crippen molar-refractivity contribution in [3.8, 4) is 5.75 Å². The molecule has 0 bridgehead atoms. The van der Waals surface area contributed by atoms with Crippen molar-refractivity contribution in [3.05, 3.63) is 24.3 Å². The number of anilines is 1. The van der Waals surface area contributed by atoms with Crippen LogP contribution >= 0.6 is 0 Å². The van der Waals surface area contributed by atoms with Gasteiger partial charge in [0.1, 0.15) is 5.75 Å². The zero-order valence-corrected chi connectivity index (χ0v) is 11.3. The summed E-state index contributed by atoms with van der Waals surface area (Å²) in [6.07, 6.45) is 1.24. The van der Waals surface area contributed by atoms with Gasteiger partial charge in [-0.15, -0.1) is 0 Å². The van der Waals surface area contributed by atoms with E-state index in [4.69, 9.17) is 10.5 Å². The summed E-state index contributed by atoms with van der Waals surface area (Å²) < 4.78 is 5.50. The lowest BCUT2D eigenvalue weighted by molar-refractivity contribution is -0.117. The van der Waals surface area contributed by atoms with Gasteiger partial charge < -0.3 is 15.8 Å². The number of amides is 1. The van der Waals surface area contributed by atoms with Crippen molar-refractivity contribution < 1.29 is 9.53 Å². The number of benzene rings is 1. The van der Waals surface area contributed by atoms with Crippen LogP contribution in [-0.4, -0.2) is 18.1 Å². The summed E-state index contributed by atoms with van der Waals surface area (Å²) in [5.41, 5.74) is 6.03. The Morgan fingerprint density at radius 1 is 1.44 bits per heavy atom. The largest absolute Gasteiger partial charge is 0.494 e. The first-order valence-electron chi connectivity index (χ1n) is 6.22. The summed E-state index contributed by atoms with van der Waals surface area (Å²) >= 11 is 0. The standard InChI is InChI=1S/C14H22N2O2/c1-4-8-18-12-7-5-6-11(9-12)16-13(17)10-14(2,3)15/h5-7,9H,4,8,10,15H2,1-3H3,(H,16,17). The number of hydrogen-bond acceptors (Lipinski definition) is 3. The smallest absolute Gasteiger partial charge is 0.226 e. The van der Waals surface area contributed by atoms with Gasteiger partial charge in [0.15, 0.2) is 0 Å². The van der Waals surface area contributed by atoms with Crippen molar-refractivity contribution in [2.45, 2.75) is 39.2 Å². The number of ether oxygens (including phenoxy) is 1. The molecule has 0 aliphatic rings. The first-order chi connectivity index (χ1) is 8.40. The second-order valence-corrected chi connectivity index (χ2v) is 5.09. The third-order valence-corrected chi connectivity index (χ3v) is 2.21. The van der Waals surface area contributed by atoms with E-state index in [1.807, 2.05) is 38.1 Å². The molecule has 0 unspecified atom stereocenters. The van der Waals surface area contributed by atoms with Crippen LogP contribution in [0.15, 0.2) is 24.3 Å². The second-order valence-electron chi connectivity index (χ2n) is 5.09. The lowest BCUT2D eigenvalue weighted by atomic mass is 10.0. The summed E-state index contributed by atoms with van der Waals surface area (Å²) in [6, 6.07) is 7.38. The summed E-state index contributed by atoms with van der Waals surface area (Å²) in [5.74, 6) is 0.678. The summed E-state index contributed by atoms with van der Waals surface area (Å²) in [7, 11) is 0. The molecular formula is C14H22N2O2. The zero-order chi connectivity index (χ0) is 13.6. The Bertz CT molecular complexity index is 397. The Kier molecular flexibility index (Phi) is 5.16. The van der Waals surface area contributed by atoms with E-state index in [1.54, 1.807) is 0 Å². The van der Waals surface area contributed by atoms with Crippen LogP contribution < -0.4 is 15.8 Å². The van der Waals surface area contributed by atoms with E-state index in [-0.39, 0.29) is 12.3 Å². The Balaban J connectivity index is 2.59. The van der Waals surface area contributed by atoms with E-state index in [0.717, 1.165) is 17.9 Å². The van der Waals surface area contributed by atoms with Crippen molar-refractivity contribution >= 4 is 11.6 Å². The molecule has 1 rings (SSSR count). The van der Waals surface area contributed by atoms with Crippen molar-refractivity contribution in [2.75, 3.05) is 11.9 Å². The fourth-order valence-electron chi connectivity index (χ4n) is 1.50. The van der Waals surface area contributed by atoms with Crippen molar-refractivity contribution in [3.63, 3.8) is 0 Å². The molecule has 100 valence electrons. The number of nitrogens with two attached hydrogens (primary N) is 1. The van der Waals surface area contributed by atoms with Crippen LogP contribution in [0.2, 0.25) is 0 Å². The van der Waals surface area contributed by atoms with Crippen LogP contribution in [0.1, 0.15) is 33.6 Å². The molecule has 1 aromatic carbocycles. The maximum atomic E-state index is 11.7. The lowest BCUT2D eigenvalue weighted by Gasteiger charge is -2.17. The van der Waals surface area contributed by atoms with Gasteiger partial charge in [-0.25, -0.2) is 0 Å². The van der Waals surface area contributed by atoms with E-state index in [1.165, 1.54) is 0 Å². The van der Waals surface area contributed by atoms with E-state index < -0.39 is 5.54 Å². The minimum atomic E-state index is -0.500. The number of nitrogens with one attached hydrogen (secondary N) is 1. The molecular weight excluding hydrogens is 228 g/mol. The zero-order valence-electron chi connectivity index (χ0n) is 11.3. The van der Waals surface area contributed by atoms with E-state index in [9.17, 15) is 4.79 Å². The average molecular weight is 250 g/mol. The molecule has 4 nitrogen and oxygen atoms in total. The van der Waals surface area contributed by atoms with Gasteiger partial charge >= 0.3 is 0 Å². The van der Waals surface area contributed by atoms with E-state index >= 15 is 0 Å². The molecule has 0 aliphatic heterocycles. The van der Waals surface area contributed by atoms with Crippen LogP contribution in [0.5, 0.6) is 5.75 Å². The molecule has 0 aromatic heterocycles. The lowest BCUT2D eigenvalue weighted by Crippen LogP contribution is -2.36. The molecule has 0 atom stereocenters. The predicted molar refractivity (Wildman–Crippen MR) is 73.7 cm³/mol. The van der Waals surface area contributed by atoms with Crippen molar-refractivity contribution in [1.82, 2.24) is 0 Å². The Labute approximate surface area is 109 Å². The highest BCUT2D eigenvalue weighted by Gasteiger charge is 2.16. The molecule has 4 heteroatoms. The van der Waals surface area contributed by atoms with Crippen LogP contribution in [-0.2, 0) is 4.79 Å². The summed E-state index contributed by atoms with van der Waals surface area (Å²) in [6.45, 7) is 6.38. The SMILES string of the molecule is CCCOc1cccc(NC(=O)CC(C)(C)N)c1. The first kappa shape index (κ1) is 14.5. The summed E-state index contributed by atoms with van der Waals surface area (Å²) in [4.78, 5) is 11.7. The number of hydrogen-bond donors (Lipinski definition) is 2. The molecule has 0 saturated carbocycles. The third-order valence-electron chi connectivity index (χ3n) is 2.21. The topological polar surface area (TPSA) is 64.3 Å². The van der Waals surface area contributed by atoms with Gasteiger partial charge in [0, 0.05) is 23.7 Å². The molecule has 0 radical (unpaired) electrons. The maximum absolute atomic E-state index is 11.7. The minimum absolute atomic E-state index is 0.0878. The molecule has 0 aliphatic carbocycles. The Hall–Kier alpha value is -1.55. The van der Waals surface area contributed by atoms with Gasteiger partial charge in [-0.3, -0.25) is 4.79 Å². The molecule has 0 saturated heterocycles. The molecule has 1 amide bonds. The molecule has 3 N–H and O–H groups in total. The maximum Gasteiger partial charge on any atom is 0.226 e. The van der Waals surface area contributed by atoms with E-state index in [0.29, 0.717) is 6.61 Å². The van der Waals surface area contributed by atoms with Crippen LogP contribution in [0.25, 0.3) is 0 Å². The second kappa shape index (κ2) is 6.40. The van der Waals surface area contributed by atoms with Crippen LogP contribution in [0.3, 0.4) is 0 Å². The fourth-order valence-corrected chi connectivity index (χ4v) is 1.50. The Morgan fingerprint density at radius 2 is 2.17 bits per heavy atom. The highest BCUT2D eigenvalue weighted by molar-refractivity contribution is 5.91. The molecule has 0 heterocycles. The fraction of sp³-hybridized carbons (Fsp3) is 0.500. The van der Waals surface area contributed by atoms with Crippen LogP contribution in [0.4, 0.5) is 5.69 Å². The minimum Gasteiger partial charge on any atom is -0.494 e.